The Balaban J connectivity index is 1.65. The Hall–Kier alpha value is -3.03. The van der Waals surface area contributed by atoms with Crippen molar-refractivity contribution in [3.05, 3.63) is 52.3 Å². The van der Waals surface area contributed by atoms with Crippen LogP contribution in [0.4, 0.5) is 17.3 Å². The predicted molar refractivity (Wildman–Crippen MR) is 93.4 cm³/mol. The average molecular weight is 341 g/mol. The van der Waals surface area contributed by atoms with Gasteiger partial charge in [0.25, 0.3) is 5.69 Å². The van der Waals surface area contributed by atoms with Crippen LogP contribution in [0.1, 0.15) is 18.4 Å². The molecule has 0 spiro atoms. The second-order valence-corrected chi connectivity index (χ2v) is 6.07. The molecule has 1 N–H and O–H groups in total. The number of benzene rings is 1. The largest absolute Gasteiger partial charge is 0.366 e. The third kappa shape index (κ3) is 3.90. The van der Waals surface area contributed by atoms with Crippen LogP contribution in [0, 0.1) is 23.0 Å². The van der Waals surface area contributed by atoms with Crippen molar-refractivity contribution in [2.75, 3.05) is 23.3 Å². The minimum absolute atomic E-state index is 0.103. The first-order chi connectivity index (χ1) is 12.0. The van der Waals surface area contributed by atoms with Crippen molar-refractivity contribution >= 4 is 23.2 Å². The molecule has 1 aromatic heterocycles. The van der Waals surface area contributed by atoms with Gasteiger partial charge in [-0.05, 0) is 37.5 Å². The van der Waals surface area contributed by atoms with Gasteiger partial charge in [-0.25, -0.2) is 9.97 Å². The standard InChI is InChI=1S/C17H19N5O3/c1-12-3-4-14(22(24)25)15(11-12)21-9-5-13(6-10-21)16(23)20-17-18-7-2-8-19-17/h2-4,7-8,11,13H,5-6,9-10H2,1H3,(H,18,19,20,23). The molecule has 1 aromatic carbocycles. The van der Waals surface area contributed by atoms with Gasteiger partial charge in [0.2, 0.25) is 11.9 Å². The van der Waals surface area contributed by atoms with E-state index in [1.54, 1.807) is 24.5 Å². The topological polar surface area (TPSA) is 101 Å². The lowest BCUT2D eigenvalue weighted by atomic mass is 9.95. The molecule has 2 heterocycles. The summed E-state index contributed by atoms with van der Waals surface area (Å²) in [5, 5.41) is 14.0. The zero-order valence-electron chi connectivity index (χ0n) is 13.9. The number of nitrogens with one attached hydrogen (secondary N) is 1. The van der Waals surface area contributed by atoms with E-state index >= 15 is 0 Å². The summed E-state index contributed by atoms with van der Waals surface area (Å²) in [5.74, 6) is 0.0396. The van der Waals surface area contributed by atoms with E-state index in [2.05, 4.69) is 15.3 Å². The molecule has 0 saturated carbocycles. The van der Waals surface area contributed by atoms with Crippen LogP contribution < -0.4 is 10.2 Å². The van der Waals surface area contributed by atoms with Crippen LogP contribution in [0.2, 0.25) is 0 Å². The van der Waals surface area contributed by atoms with E-state index in [-0.39, 0.29) is 22.4 Å². The van der Waals surface area contributed by atoms with Crippen molar-refractivity contribution in [3.63, 3.8) is 0 Å². The van der Waals surface area contributed by atoms with E-state index in [0.717, 1.165) is 5.56 Å². The molecule has 1 saturated heterocycles. The van der Waals surface area contributed by atoms with Crippen LogP contribution in [0.15, 0.2) is 36.7 Å². The lowest BCUT2D eigenvalue weighted by Crippen LogP contribution is -2.38. The number of anilines is 2. The Bertz CT molecular complexity index is 773. The maximum Gasteiger partial charge on any atom is 0.292 e. The Labute approximate surface area is 145 Å². The van der Waals surface area contributed by atoms with Gasteiger partial charge in [-0.15, -0.1) is 0 Å². The van der Waals surface area contributed by atoms with E-state index in [9.17, 15) is 14.9 Å². The number of nitro groups is 1. The molecule has 8 nitrogen and oxygen atoms in total. The van der Waals surface area contributed by atoms with E-state index in [1.165, 1.54) is 6.07 Å². The lowest BCUT2D eigenvalue weighted by molar-refractivity contribution is -0.384. The van der Waals surface area contributed by atoms with E-state index in [0.29, 0.717) is 37.6 Å². The van der Waals surface area contributed by atoms with Crippen molar-refractivity contribution in [3.8, 4) is 0 Å². The fourth-order valence-electron chi connectivity index (χ4n) is 3.00. The van der Waals surface area contributed by atoms with Gasteiger partial charge in [-0.3, -0.25) is 20.2 Å². The zero-order chi connectivity index (χ0) is 17.8. The molecule has 2 aromatic rings. The number of aryl methyl sites for hydroxylation is 1. The monoisotopic (exact) mass is 341 g/mol. The minimum Gasteiger partial charge on any atom is -0.366 e. The number of carbonyl (C=O) groups is 1. The molecular weight excluding hydrogens is 322 g/mol. The Morgan fingerprint density at radius 2 is 1.96 bits per heavy atom. The second kappa shape index (κ2) is 7.25. The smallest absolute Gasteiger partial charge is 0.292 e. The number of amides is 1. The van der Waals surface area contributed by atoms with E-state index < -0.39 is 0 Å². The summed E-state index contributed by atoms with van der Waals surface area (Å²) in [6, 6.07) is 6.79. The summed E-state index contributed by atoms with van der Waals surface area (Å²) in [7, 11) is 0. The van der Waals surface area contributed by atoms with Crippen LogP contribution in [0.25, 0.3) is 0 Å². The van der Waals surface area contributed by atoms with Gasteiger partial charge < -0.3 is 4.90 Å². The zero-order valence-corrected chi connectivity index (χ0v) is 13.9. The summed E-state index contributed by atoms with van der Waals surface area (Å²) in [6.45, 7) is 3.10. The van der Waals surface area contributed by atoms with Gasteiger partial charge >= 0.3 is 0 Å². The summed E-state index contributed by atoms with van der Waals surface area (Å²) >= 11 is 0. The van der Waals surface area contributed by atoms with Crippen molar-refractivity contribution in [2.45, 2.75) is 19.8 Å². The van der Waals surface area contributed by atoms with Crippen LogP contribution in [0.5, 0.6) is 0 Å². The van der Waals surface area contributed by atoms with Crippen molar-refractivity contribution in [1.29, 1.82) is 0 Å². The van der Waals surface area contributed by atoms with Crippen LogP contribution in [0.3, 0.4) is 0 Å². The molecule has 0 radical (unpaired) electrons. The Morgan fingerprint density at radius 3 is 2.60 bits per heavy atom. The molecule has 1 fully saturated rings. The number of piperidine rings is 1. The highest BCUT2D eigenvalue weighted by Gasteiger charge is 2.28. The third-order valence-corrected chi connectivity index (χ3v) is 4.33. The molecule has 1 aliphatic heterocycles. The molecule has 1 aliphatic rings. The molecule has 25 heavy (non-hydrogen) atoms. The fraction of sp³-hybridized carbons (Fsp3) is 0.353. The quantitative estimate of drug-likeness (QED) is 0.677. The van der Waals surface area contributed by atoms with Gasteiger partial charge in [0, 0.05) is 37.5 Å². The van der Waals surface area contributed by atoms with Gasteiger partial charge in [-0.1, -0.05) is 6.07 Å². The van der Waals surface area contributed by atoms with E-state index in [1.807, 2.05) is 17.9 Å². The first-order valence-electron chi connectivity index (χ1n) is 8.12. The highest BCUT2D eigenvalue weighted by Crippen LogP contribution is 2.32. The minimum atomic E-state index is -0.361. The molecule has 0 unspecified atom stereocenters. The highest BCUT2D eigenvalue weighted by molar-refractivity contribution is 5.91. The molecular formula is C17H19N5O3. The number of carbonyl (C=O) groups excluding carboxylic acids is 1. The Morgan fingerprint density at radius 1 is 1.28 bits per heavy atom. The molecule has 3 rings (SSSR count). The van der Waals surface area contributed by atoms with Crippen LogP contribution >= 0.6 is 0 Å². The number of nitro benzene ring substituents is 1. The lowest BCUT2D eigenvalue weighted by Gasteiger charge is -2.32. The normalized spacial score (nSPS) is 15.0. The number of nitrogens with zero attached hydrogens (tertiary/aromatic N) is 4. The fourth-order valence-corrected chi connectivity index (χ4v) is 3.00. The van der Waals surface area contributed by atoms with E-state index in [4.69, 9.17) is 0 Å². The SMILES string of the molecule is Cc1ccc([N+](=O)[O-])c(N2CCC(C(=O)Nc3ncccn3)CC2)c1. The number of hydrogen-bond donors (Lipinski definition) is 1. The third-order valence-electron chi connectivity index (χ3n) is 4.33. The van der Waals surface area contributed by atoms with Crippen molar-refractivity contribution < 1.29 is 9.72 Å². The molecule has 0 bridgehead atoms. The summed E-state index contributed by atoms with van der Waals surface area (Å²) < 4.78 is 0. The van der Waals surface area contributed by atoms with Gasteiger partial charge in [0.15, 0.2) is 0 Å². The summed E-state index contributed by atoms with van der Waals surface area (Å²) in [6.07, 6.45) is 4.40. The van der Waals surface area contributed by atoms with Crippen LogP contribution in [-0.2, 0) is 4.79 Å². The molecule has 8 heteroatoms. The summed E-state index contributed by atoms with van der Waals surface area (Å²) in [4.78, 5) is 33.2. The number of hydrogen-bond acceptors (Lipinski definition) is 6. The highest BCUT2D eigenvalue weighted by atomic mass is 16.6. The molecule has 0 atom stereocenters. The van der Waals surface area contributed by atoms with Gasteiger partial charge in [0.1, 0.15) is 5.69 Å². The van der Waals surface area contributed by atoms with Crippen LogP contribution in [-0.4, -0.2) is 33.9 Å². The van der Waals surface area contributed by atoms with Crippen molar-refractivity contribution in [1.82, 2.24) is 9.97 Å². The first kappa shape index (κ1) is 16.8. The van der Waals surface area contributed by atoms with Gasteiger partial charge in [-0.2, -0.15) is 0 Å². The summed E-state index contributed by atoms with van der Waals surface area (Å²) in [5.41, 5.74) is 1.70. The van der Waals surface area contributed by atoms with Crippen molar-refractivity contribution in [2.24, 2.45) is 5.92 Å². The maximum atomic E-state index is 12.3. The maximum absolute atomic E-state index is 12.3. The molecule has 0 aliphatic carbocycles. The molecule has 1 amide bonds. The Kier molecular flexibility index (Phi) is 4.87. The number of aromatic nitrogens is 2. The molecule has 130 valence electrons. The first-order valence-corrected chi connectivity index (χ1v) is 8.12. The predicted octanol–water partition coefficient (Wildman–Crippen LogP) is 2.55. The average Bonchev–Trinajstić information content (AvgIpc) is 2.62. The van der Waals surface area contributed by atoms with Gasteiger partial charge in [0.05, 0.1) is 4.92 Å². The number of rotatable bonds is 4. The second-order valence-electron chi connectivity index (χ2n) is 6.07.